The molecule has 0 aliphatic carbocycles. The Balaban J connectivity index is 1.53. The van der Waals surface area contributed by atoms with Crippen LogP contribution in [0.15, 0.2) is 52.2 Å². The number of rotatable bonds is 7. The number of furan rings is 1. The van der Waals surface area contributed by atoms with E-state index >= 15 is 0 Å². The van der Waals surface area contributed by atoms with Crippen molar-refractivity contribution in [2.45, 2.75) is 38.8 Å². The molecular formula is C26H34FN5O4. The Bertz CT molecular complexity index is 1060. The number of hydrogen-bond donors (Lipinski definition) is 1. The van der Waals surface area contributed by atoms with Gasteiger partial charge in [-0.1, -0.05) is 12.1 Å². The van der Waals surface area contributed by atoms with Crippen LogP contribution in [0.3, 0.4) is 0 Å². The Hall–Kier alpha value is -3.24. The number of ether oxygens (including phenoxy) is 1. The van der Waals surface area contributed by atoms with Crippen LogP contribution in [0.5, 0.6) is 0 Å². The molecule has 0 unspecified atom stereocenters. The second kappa shape index (κ2) is 11.2. The van der Waals surface area contributed by atoms with Crippen molar-refractivity contribution in [1.29, 1.82) is 0 Å². The smallest absolute Gasteiger partial charge is 0.318 e. The van der Waals surface area contributed by atoms with E-state index in [-0.39, 0.29) is 24.3 Å². The standard InChI is InChI=1S/C26H34FN5O4/c1-26(2,3)28-25(34)31(11-10-30-12-15-35-16-13-30)18-24(33)32-22(23-5-4-14-36-23)17-21(29-32)19-6-8-20(27)9-7-19/h4-9,14,22H,10-13,15-18H2,1-3H3,(H,28,34)/t22-/m1/s1. The SMILES string of the molecule is CC(C)(C)NC(=O)N(CCN1CCOCC1)CC(=O)N1N=C(c2ccc(F)cc2)C[C@@H]1c1ccco1. The summed E-state index contributed by atoms with van der Waals surface area (Å²) in [5.41, 5.74) is 0.942. The molecule has 2 aliphatic heterocycles. The van der Waals surface area contributed by atoms with Gasteiger partial charge in [-0.3, -0.25) is 9.69 Å². The van der Waals surface area contributed by atoms with Crippen LogP contribution in [0.2, 0.25) is 0 Å². The van der Waals surface area contributed by atoms with Crippen LogP contribution >= 0.6 is 0 Å². The third-order valence-electron chi connectivity index (χ3n) is 6.10. The van der Waals surface area contributed by atoms with Gasteiger partial charge in [0.25, 0.3) is 5.91 Å². The molecule has 3 amide bonds. The van der Waals surface area contributed by atoms with Crippen molar-refractivity contribution in [2.24, 2.45) is 5.10 Å². The van der Waals surface area contributed by atoms with Gasteiger partial charge in [0.05, 0.1) is 25.2 Å². The van der Waals surface area contributed by atoms with Gasteiger partial charge in [0.15, 0.2) is 0 Å². The van der Waals surface area contributed by atoms with Gasteiger partial charge in [-0.05, 0) is 50.6 Å². The Morgan fingerprint density at radius 3 is 2.53 bits per heavy atom. The lowest BCUT2D eigenvalue weighted by molar-refractivity contribution is -0.134. The summed E-state index contributed by atoms with van der Waals surface area (Å²) in [6.45, 7) is 9.50. The fourth-order valence-corrected chi connectivity index (χ4v) is 4.23. The topological polar surface area (TPSA) is 90.6 Å². The second-order valence-electron chi connectivity index (χ2n) is 10.1. The summed E-state index contributed by atoms with van der Waals surface area (Å²) in [5.74, 6) is -0.0589. The largest absolute Gasteiger partial charge is 0.467 e. The summed E-state index contributed by atoms with van der Waals surface area (Å²) in [5, 5.41) is 8.95. The molecular weight excluding hydrogens is 465 g/mol. The molecule has 0 bridgehead atoms. The summed E-state index contributed by atoms with van der Waals surface area (Å²) in [4.78, 5) is 30.5. The molecule has 36 heavy (non-hydrogen) atoms. The number of carbonyl (C=O) groups excluding carboxylic acids is 2. The maximum Gasteiger partial charge on any atom is 0.318 e. The van der Waals surface area contributed by atoms with Crippen molar-refractivity contribution in [1.82, 2.24) is 20.1 Å². The molecule has 1 atom stereocenters. The first-order valence-electron chi connectivity index (χ1n) is 12.3. The fraction of sp³-hybridized carbons (Fsp3) is 0.500. The van der Waals surface area contributed by atoms with E-state index in [1.54, 1.807) is 30.5 Å². The minimum atomic E-state index is -0.449. The van der Waals surface area contributed by atoms with E-state index in [2.05, 4.69) is 15.3 Å². The van der Waals surface area contributed by atoms with Gasteiger partial charge in [-0.15, -0.1) is 0 Å². The summed E-state index contributed by atoms with van der Waals surface area (Å²) < 4.78 is 24.5. The van der Waals surface area contributed by atoms with E-state index in [1.807, 2.05) is 20.8 Å². The fourth-order valence-electron chi connectivity index (χ4n) is 4.23. The van der Waals surface area contributed by atoms with Crippen LogP contribution in [0.25, 0.3) is 0 Å². The molecule has 3 heterocycles. The number of nitrogens with zero attached hydrogens (tertiary/aromatic N) is 4. The lowest BCUT2D eigenvalue weighted by Gasteiger charge is -2.32. The number of benzene rings is 1. The van der Waals surface area contributed by atoms with Gasteiger partial charge in [0.1, 0.15) is 24.2 Å². The third-order valence-corrected chi connectivity index (χ3v) is 6.10. The first-order chi connectivity index (χ1) is 17.2. The molecule has 1 fully saturated rings. The highest BCUT2D eigenvalue weighted by Crippen LogP contribution is 2.33. The van der Waals surface area contributed by atoms with Crippen LogP contribution in [0.1, 0.15) is 44.6 Å². The number of morpholine rings is 1. The van der Waals surface area contributed by atoms with E-state index < -0.39 is 11.6 Å². The highest BCUT2D eigenvalue weighted by Gasteiger charge is 2.36. The predicted molar refractivity (Wildman–Crippen MR) is 133 cm³/mol. The monoisotopic (exact) mass is 499 g/mol. The Morgan fingerprint density at radius 1 is 1.17 bits per heavy atom. The highest BCUT2D eigenvalue weighted by atomic mass is 19.1. The molecule has 0 spiro atoms. The van der Waals surface area contributed by atoms with E-state index in [1.165, 1.54) is 22.0 Å². The van der Waals surface area contributed by atoms with Crippen molar-refractivity contribution in [3.63, 3.8) is 0 Å². The number of urea groups is 1. The van der Waals surface area contributed by atoms with Gasteiger partial charge < -0.3 is 19.4 Å². The Kier molecular flexibility index (Phi) is 8.05. The summed E-state index contributed by atoms with van der Waals surface area (Å²) in [6, 6.07) is 8.85. The van der Waals surface area contributed by atoms with Gasteiger partial charge in [-0.2, -0.15) is 5.10 Å². The molecule has 1 N–H and O–H groups in total. The quantitative estimate of drug-likeness (QED) is 0.632. The summed E-state index contributed by atoms with van der Waals surface area (Å²) in [7, 11) is 0. The average molecular weight is 500 g/mol. The minimum absolute atomic E-state index is 0.135. The zero-order chi connectivity index (χ0) is 25.7. The molecule has 1 aromatic heterocycles. The lowest BCUT2D eigenvalue weighted by Crippen LogP contribution is -2.53. The number of nitrogens with one attached hydrogen (secondary N) is 1. The molecule has 9 nitrogen and oxygen atoms in total. The van der Waals surface area contributed by atoms with Crippen molar-refractivity contribution in [3.05, 3.63) is 59.8 Å². The Labute approximate surface area is 210 Å². The van der Waals surface area contributed by atoms with Crippen LogP contribution in [-0.2, 0) is 9.53 Å². The molecule has 0 radical (unpaired) electrons. The normalized spacial score (nSPS) is 18.7. The van der Waals surface area contributed by atoms with Gasteiger partial charge in [0, 0.05) is 38.1 Å². The lowest BCUT2D eigenvalue weighted by atomic mass is 10.0. The molecule has 10 heteroatoms. The predicted octanol–water partition coefficient (Wildman–Crippen LogP) is 3.24. The van der Waals surface area contributed by atoms with Crippen molar-refractivity contribution < 1.29 is 23.1 Å². The second-order valence-corrected chi connectivity index (χ2v) is 10.1. The van der Waals surface area contributed by atoms with Crippen LogP contribution in [0.4, 0.5) is 9.18 Å². The molecule has 2 aliphatic rings. The minimum Gasteiger partial charge on any atom is -0.467 e. The van der Waals surface area contributed by atoms with Gasteiger partial charge in [0.2, 0.25) is 0 Å². The zero-order valence-corrected chi connectivity index (χ0v) is 21.1. The molecule has 2 aromatic rings. The molecule has 1 aromatic carbocycles. The molecule has 0 saturated carbocycles. The van der Waals surface area contributed by atoms with Crippen LogP contribution in [-0.4, -0.2) is 83.9 Å². The first kappa shape index (κ1) is 25.8. The van der Waals surface area contributed by atoms with Gasteiger partial charge in [-0.25, -0.2) is 14.2 Å². The number of carbonyl (C=O) groups is 2. The average Bonchev–Trinajstić information content (AvgIpc) is 3.52. The maximum atomic E-state index is 13.6. The van der Waals surface area contributed by atoms with E-state index in [4.69, 9.17) is 9.15 Å². The van der Waals surface area contributed by atoms with Crippen molar-refractivity contribution in [3.8, 4) is 0 Å². The molecule has 1 saturated heterocycles. The van der Waals surface area contributed by atoms with E-state index in [0.29, 0.717) is 44.2 Å². The van der Waals surface area contributed by atoms with Crippen LogP contribution < -0.4 is 5.32 Å². The molecule has 194 valence electrons. The van der Waals surface area contributed by atoms with E-state index in [0.717, 1.165) is 18.7 Å². The first-order valence-corrected chi connectivity index (χ1v) is 12.3. The summed E-state index contributed by atoms with van der Waals surface area (Å²) in [6.07, 6.45) is 1.98. The number of amides is 3. The number of halogens is 1. The van der Waals surface area contributed by atoms with Crippen molar-refractivity contribution in [2.75, 3.05) is 45.9 Å². The highest BCUT2D eigenvalue weighted by molar-refractivity contribution is 6.03. The third kappa shape index (κ3) is 6.70. The van der Waals surface area contributed by atoms with Crippen LogP contribution in [0, 0.1) is 5.82 Å². The Morgan fingerprint density at radius 2 is 1.89 bits per heavy atom. The maximum absolute atomic E-state index is 13.6. The van der Waals surface area contributed by atoms with Crippen molar-refractivity contribution >= 4 is 17.6 Å². The molecule has 4 rings (SSSR count). The van der Waals surface area contributed by atoms with Gasteiger partial charge >= 0.3 is 6.03 Å². The number of hydrazone groups is 1. The number of hydrogen-bond acceptors (Lipinski definition) is 6. The zero-order valence-electron chi connectivity index (χ0n) is 21.1. The van der Waals surface area contributed by atoms with E-state index in [9.17, 15) is 14.0 Å². The summed E-state index contributed by atoms with van der Waals surface area (Å²) >= 11 is 0.